The lowest BCUT2D eigenvalue weighted by molar-refractivity contribution is 0.100. The van der Waals surface area contributed by atoms with Crippen molar-refractivity contribution >= 4 is 0 Å². The second-order valence-electron chi connectivity index (χ2n) is 5.62. The number of aryl methyl sites for hydroxylation is 1. The van der Waals surface area contributed by atoms with E-state index in [4.69, 9.17) is 0 Å². The van der Waals surface area contributed by atoms with E-state index in [1.54, 1.807) is 0 Å². The standard InChI is InChI=1S/C14H27N5/c1-5-15-13(14-6-7-16-19(14)4)10-12-11-17(2)8-9-18(12)3/h6-7,12-13,15H,5,8-11H2,1-4H3. The molecule has 2 atom stereocenters. The fourth-order valence-corrected chi connectivity index (χ4v) is 2.91. The Morgan fingerprint density at radius 3 is 2.79 bits per heavy atom. The first-order valence-corrected chi connectivity index (χ1v) is 7.22. The van der Waals surface area contributed by atoms with Crippen LogP contribution in [0.4, 0.5) is 0 Å². The Morgan fingerprint density at radius 2 is 2.16 bits per heavy atom. The highest BCUT2D eigenvalue weighted by Gasteiger charge is 2.26. The topological polar surface area (TPSA) is 36.3 Å². The highest BCUT2D eigenvalue weighted by molar-refractivity contribution is 5.07. The van der Waals surface area contributed by atoms with Gasteiger partial charge < -0.3 is 15.1 Å². The molecule has 2 rings (SSSR count). The Morgan fingerprint density at radius 1 is 1.37 bits per heavy atom. The van der Waals surface area contributed by atoms with Crippen molar-refractivity contribution in [1.82, 2.24) is 24.9 Å². The monoisotopic (exact) mass is 265 g/mol. The molecule has 0 radical (unpaired) electrons. The fraction of sp³-hybridized carbons (Fsp3) is 0.786. The van der Waals surface area contributed by atoms with E-state index in [1.807, 2.05) is 17.9 Å². The van der Waals surface area contributed by atoms with Crippen molar-refractivity contribution in [2.24, 2.45) is 7.05 Å². The number of aromatic nitrogens is 2. The molecule has 0 aromatic carbocycles. The summed E-state index contributed by atoms with van der Waals surface area (Å²) in [5, 5.41) is 7.90. The van der Waals surface area contributed by atoms with Crippen molar-refractivity contribution in [2.75, 3.05) is 40.3 Å². The molecule has 1 N–H and O–H groups in total. The lowest BCUT2D eigenvalue weighted by atomic mass is 10.0. The highest BCUT2D eigenvalue weighted by atomic mass is 15.3. The predicted molar refractivity (Wildman–Crippen MR) is 78.2 cm³/mol. The van der Waals surface area contributed by atoms with Gasteiger partial charge in [-0.3, -0.25) is 4.68 Å². The van der Waals surface area contributed by atoms with Crippen molar-refractivity contribution < 1.29 is 0 Å². The van der Waals surface area contributed by atoms with E-state index < -0.39 is 0 Å². The zero-order valence-corrected chi connectivity index (χ0v) is 12.6. The number of nitrogens with one attached hydrogen (secondary N) is 1. The van der Waals surface area contributed by atoms with Gasteiger partial charge in [-0.05, 0) is 33.1 Å². The van der Waals surface area contributed by atoms with Gasteiger partial charge in [0, 0.05) is 38.9 Å². The van der Waals surface area contributed by atoms with Gasteiger partial charge in [-0.1, -0.05) is 6.92 Å². The third-order valence-corrected chi connectivity index (χ3v) is 4.15. The van der Waals surface area contributed by atoms with Crippen LogP contribution in [0.25, 0.3) is 0 Å². The zero-order valence-electron chi connectivity index (χ0n) is 12.6. The van der Waals surface area contributed by atoms with Crippen LogP contribution in [0.3, 0.4) is 0 Å². The van der Waals surface area contributed by atoms with Gasteiger partial charge >= 0.3 is 0 Å². The van der Waals surface area contributed by atoms with Crippen LogP contribution in [0.5, 0.6) is 0 Å². The molecule has 1 aromatic rings. The van der Waals surface area contributed by atoms with E-state index in [1.165, 1.54) is 12.2 Å². The SMILES string of the molecule is CCNC(CC1CN(C)CCN1C)c1ccnn1C. The Labute approximate surface area is 116 Å². The van der Waals surface area contributed by atoms with E-state index in [0.29, 0.717) is 12.1 Å². The minimum atomic E-state index is 0.386. The van der Waals surface area contributed by atoms with Gasteiger partial charge in [0.1, 0.15) is 0 Å². The molecule has 5 nitrogen and oxygen atoms in total. The molecule has 1 saturated heterocycles. The Hall–Kier alpha value is -0.910. The molecule has 0 aliphatic carbocycles. The van der Waals surface area contributed by atoms with Crippen molar-refractivity contribution in [3.63, 3.8) is 0 Å². The molecule has 1 aliphatic rings. The van der Waals surface area contributed by atoms with Gasteiger partial charge in [0.25, 0.3) is 0 Å². The minimum absolute atomic E-state index is 0.386. The zero-order chi connectivity index (χ0) is 13.8. The van der Waals surface area contributed by atoms with Crippen molar-refractivity contribution in [1.29, 1.82) is 0 Å². The average molecular weight is 265 g/mol. The van der Waals surface area contributed by atoms with Gasteiger partial charge in [0.2, 0.25) is 0 Å². The second kappa shape index (κ2) is 6.50. The number of piperazine rings is 1. The first-order valence-electron chi connectivity index (χ1n) is 7.22. The molecular formula is C14H27N5. The molecular weight excluding hydrogens is 238 g/mol. The van der Waals surface area contributed by atoms with Crippen molar-refractivity contribution in [2.45, 2.75) is 25.4 Å². The molecule has 0 saturated carbocycles. The second-order valence-corrected chi connectivity index (χ2v) is 5.62. The maximum atomic E-state index is 4.30. The van der Waals surface area contributed by atoms with E-state index >= 15 is 0 Å². The highest BCUT2D eigenvalue weighted by Crippen LogP contribution is 2.21. The van der Waals surface area contributed by atoms with Crippen LogP contribution in [0.15, 0.2) is 12.3 Å². The van der Waals surface area contributed by atoms with Crippen LogP contribution in [-0.2, 0) is 7.05 Å². The minimum Gasteiger partial charge on any atom is -0.309 e. The van der Waals surface area contributed by atoms with Crippen LogP contribution >= 0.6 is 0 Å². The maximum absolute atomic E-state index is 4.30. The third-order valence-electron chi connectivity index (χ3n) is 4.15. The Bertz CT molecular complexity index is 389. The number of hydrogen-bond acceptors (Lipinski definition) is 4. The molecule has 2 heterocycles. The largest absolute Gasteiger partial charge is 0.309 e. The number of likely N-dealkylation sites (N-methyl/N-ethyl adjacent to an activating group) is 2. The molecule has 0 amide bonds. The van der Waals surface area contributed by atoms with Gasteiger partial charge in [-0.2, -0.15) is 5.10 Å². The van der Waals surface area contributed by atoms with Crippen LogP contribution in [0.1, 0.15) is 25.1 Å². The number of hydrogen-bond donors (Lipinski definition) is 1. The van der Waals surface area contributed by atoms with E-state index in [-0.39, 0.29) is 0 Å². The lowest BCUT2D eigenvalue weighted by Gasteiger charge is -2.39. The van der Waals surface area contributed by atoms with Crippen LogP contribution in [-0.4, -0.2) is 65.9 Å². The van der Waals surface area contributed by atoms with E-state index in [0.717, 1.165) is 26.1 Å². The van der Waals surface area contributed by atoms with Gasteiger partial charge in [0.15, 0.2) is 0 Å². The van der Waals surface area contributed by atoms with Crippen molar-refractivity contribution in [3.8, 4) is 0 Å². The summed E-state index contributed by atoms with van der Waals surface area (Å²) in [5.41, 5.74) is 1.28. The first-order chi connectivity index (χ1) is 9.11. The molecule has 0 bridgehead atoms. The van der Waals surface area contributed by atoms with E-state index in [2.05, 4.69) is 47.3 Å². The van der Waals surface area contributed by atoms with Gasteiger partial charge in [-0.25, -0.2) is 0 Å². The molecule has 0 spiro atoms. The molecule has 5 heteroatoms. The average Bonchev–Trinajstić information content (AvgIpc) is 2.79. The quantitative estimate of drug-likeness (QED) is 0.850. The van der Waals surface area contributed by atoms with Gasteiger partial charge in [-0.15, -0.1) is 0 Å². The van der Waals surface area contributed by atoms with Gasteiger partial charge in [0.05, 0.1) is 11.7 Å². The Balaban J connectivity index is 2.06. The summed E-state index contributed by atoms with van der Waals surface area (Å²) in [5.74, 6) is 0. The molecule has 1 aromatic heterocycles. The summed E-state index contributed by atoms with van der Waals surface area (Å²) in [6, 6.07) is 3.12. The number of nitrogens with zero attached hydrogens (tertiary/aromatic N) is 4. The molecule has 1 fully saturated rings. The normalized spacial score (nSPS) is 23.7. The molecule has 108 valence electrons. The summed E-state index contributed by atoms with van der Waals surface area (Å²) in [7, 11) is 6.48. The smallest absolute Gasteiger partial charge is 0.0550 e. The fourth-order valence-electron chi connectivity index (χ4n) is 2.91. The maximum Gasteiger partial charge on any atom is 0.0550 e. The molecule has 1 aliphatic heterocycles. The lowest BCUT2D eigenvalue weighted by Crippen LogP contribution is -2.51. The van der Waals surface area contributed by atoms with Crippen LogP contribution in [0.2, 0.25) is 0 Å². The van der Waals surface area contributed by atoms with Crippen molar-refractivity contribution in [3.05, 3.63) is 18.0 Å². The predicted octanol–water partition coefficient (Wildman–Crippen LogP) is 0.707. The third kappa shape index (κ3) is 3.55. The van der Waals surface area contributed by atoms with Crippen LogP contribution < -0.4 is 5.32 Å². The summed E-state index contributed by atoms with van der Waals surface area (Å²) >= 11 is 0. The summed E-state index contributed by atoms with van der Waals surface area (Å²) in [4.78, 5) is 4.91. The molecule has 2 unspecified atom stereocenters. The molecule has 19 heavy (non-hydrogen) atoms. The summed E-state index contributed by atoms with van der Waals surface area (Å²) in [6.07, 6.45) is 3.02. The number of rotatable bonds is 5. The summed E-state index contributed by atoms with van der Waals surface area (Å²) in [6.45, 7) is 6.63. The Kier molecular flexibility index (Phi) is 4.96. The first kappa shape index (κ1) is 14.5. The van der Waals surface area contributed by atoms with E-state index in [9.17, 15) is 0 Å². The summed E-state index contributed by atoms with van der Waals surface area (Å²) < 4.78 is 1.99. The van der Waals surface area contributed by atoms with Crippen LogP contribution in [0, 0.1) is 0 Å².